The van der Waals surface area contributed by atoms with Crippen LogP contribution in [0, 0.1) is 10.1 Å². The van der Waals surface area contributed by atoms with Crippen molar-refractivity contribution < 1.29 is 23.9 Å². The number of nitro benzene ring substituents is 1. The Bertz CT molecular complexity index is 1300. The number of ether oxygens (including phenoxy) is 3. The number of methoxy groups -OCH3 is 1. The highest BCUT2D eigenvalue weighted by Gasteiger charge is 2.18. The molecule has 4 aromatic rings. The van der Waals surface area contributed by atoms with Gasteiger partial charge in [-0.15, -0.1) is 5.10 Å². The number of carbonyl (C=O) groups excluding carboxylic acids is 1. The zero-order valence-corrected chi connectivity index (χ0v) is 17.5. The molecule has 10 heteroatoms. The molecule has 0 fully saturated rings. The first-order chi connectivity index (χ1) is 15.4. The van der Waals surface area contributed by atoms with Crippen molar-refractivity contribution >= 4 is 34.3 Å². The normalized spacial score (nSPS) is 10.7. The van der Waals surface area contributed by atoms with E-state index in [2.05, 4.69) is 5.10 Å². The Labute approximate surface area is 186 Å². The molecule has 0 atom stereocenters. The summed E-state index contributed by atoms with van der Waals surface area (Å²) in [5.74, 6) is 0.823. The minimum Gasteiger partial charge on any atom is -0.497 e. The van der Waals surface area contributed by atoms with Crippen LogP contribution >= 0.6 is 11.6 Å². The lowest BCUT2D eigenvalue weighted by Crippen LogP contribution is -2.14. The van der Waals surface area contributed by atoms with Crippen LogP contribution in [0.3, 0.4) is 0 Å². The molecule has 1 aromatic heterocycles. The van der Waals surface area contributed by atoms with Crippen molar-refractivity contribution in [3.8, 4) is 17.4 Å². The molecule has 9 nitrogen and oxygen atoms in total. The zero-order valence-electron chi connectivity index (χ0n) is 16.7. The summed E-state index contributed by atoms with van der Waals surface area (Å²) in [6, 6.07) is 17.6. The van der Waals surface area contributed by atoms with Crippen molar-refractivity contribution in [3.63, 3.8) is 0 Å². The van der Waals surface area contributed by atoms with E-state index in [9.17, 15) is 14.9 Å². The van der Waals surface area contributed by atoms with E-state index in [1.165, 1.54) is 31.4 Å². The van der Waals surface area contributed by atoms with Crippen LogP contribution < -0.4 is 14.2 Å². The number of halogens is 1. The van der Waals surface area contributed by atoms with E-state index in [-0.39, 0.29) is 23.9 Å². The van der Waals surface area contributed by atoms with Gasteiger partial charge in [-0.1, -0.05) is 23.7 Å². The fourth-order valence-corrected chi connectivity index (χ4v) is 3.22. The molecule has 0 aliphatic heterocycles. The Balaban J connectivity index is 1.64. The summed E-state index contributed by atoms with van der Waals surface area (Å²) in [7, 11) is 1.52. The van der Waals surface area contributed by atoms with Crippen LogP contribution in [0.25, 0.3) is 10.9 Å². The Morgan fingerprint density at radius 2 is 1.81 bits per heavy atom. The first kappa shape index (κ1) is 21.1. The van der Waals surface area contributed by atoms with Crippen molar-refractivity contribution in [1.29, 1.82) is 0 Å². The van der Waals surface area contributed by atoms with Gasteiger partial charge in [0.15, 0.2) is 0 Å². The molecule has 0 saturated heterocycles. The van der Waals surface area contributed by atoms with Gasteiger partial charge in [0.25, 0.3) is 11.6 Å². The number of nitro groups is 1. The summed E-state index contributed by atoms with van der Waals surface area (Å²) in [6.45, 7) is 0.222. The highest BCUT2D eigenvalue weighted by atomic mass is 35.5. The van der Waals surface area contributed by atoms with Gasteiger partial charge in [-0.05, 0) is 48.0 Å². The van der Waals surface area contributed by atoms with Crippen molar-refractivity contribution in [2.75, 3.05) is 7.11 Å². The summed E-state index contributed by atoms with van der Waals surface area (Å²) in [5.41, 5.74) is 1.28. The van der Waals surface area contributed by atoms with Crippen molar-refractivity contribution in [2.45, 2.75) is 6.54 Å². The number of carbonyl (C=O) groups is 1. The molecule has 0 unspecified atom stereocenters. The molecular formula is C22H16ClN3O6. The molecule has 0 spiro atoms. The van der Waals surface area contributed by atoms with E-state index in [1.54, 1.807) is 47.1 Å². The minimum absolute atomic E-state index is 0.0169. The van der Waals surface area contributed by atoms with Crippen LogP contribution in [-0.2, 0) is 6.54 Å². The van der Waals surface area contributed by atoms with Gasteiger partial charge in [0.2, 0.25) is 0 Å². The number of nitrogens with zero attached hydrogens (tertiary/aromatic N) is 3. The third-order valence-electron chi connectivity index (χ3n) is 4.57. The van der Waals surface area contributed by atoms with E-state index in [0.717, 1.165) is 0 Å². The average molecular weight is 454 g/mol. The molecule has 1 heterocycles. The van der Waals surface area contributed by atoms with E-state index in [0.29, 0.717) is 27.2 Å². The summed E-state index contributed by atoms with van der Waals surface area (Å²) in [6.07, 6.45) is -0.975. The lowest BCUT2D eigenvalue weighted by molar-refractivity contribution is -0.384. The molecule has 0 amide bonds. The first-order valence-corrected chi connectivity index (χ1v) is 9.74. The van der Waals surface area contributed by atoms with Gasteiger partial charge in [0, 0.05) is 17.2 Å². The molecule has 0 radical (unpaired) electrons. The summed E-state index contributed by atoms with van der Waals surface area (Å²) < 4.78 is 17.4. The van der Waals surface area contributed by atoms with Crippen molar-refractivity contribution in [3.05, 3.63) is 87.4 Å². The van der Waals surface area contributed by atoms with Crippen LogP contribution in [0.5, 0.6) is 17.4 Å². The molecule has 162 valence electrons. The molecule has 4 rings (SSSR count). The molecule has 0 saturated carbocycles. The minimum atomic E-state index is -0.975. The predicted octanol–water partition coefficient (Wildman–Crippen LogP) is 5.23. The quantitative estimate of drug-likeness (QED) is 0.170. The van der Waals surface area contributed by atoms with Gasteiger partial charge < -0.3 is 14.2 Å². The Kier molecular flexibility index (Phi) is 5.91. The SMILES string of the molecule is COc1ccc2c(c1)c(OC(=O)Oc1ccc(Cl)cc1)nn2Cc1cccc([N+](=O)[O-])c1. The van der Waals surface area contributed by atoms with Gasteiger partial charge in [-0.25, -0.2) is 4.79 Å². The maximum Gasteiger partial charge on any atom is 0.520 e. The van der Waals surface area contributed by atoms with Gasteiger partial charge in [-0.2, -0.15) is 0 Å². The summed E-state index contributed by atoms with van der Waals surface area (Å²) >= 11 is 5.83. The second-order valence-electron chi connectivity index (χ2n) is 6.68. The second-order valence-corrected chi connectivity index (χ2v) is 7.12. The molecule has 0 bridgehead atoms. The fraction of sp³-hybridized carbons (Fsp3) is 0.0909. The maximum absolute atomic E-state index is 12.3. The van der Waals surface area contributed by atoms with E-state index < -0.39 is 11.1 Å². The number of fused-ring (bicyclic) bond motifs is 1. The molecule has 32 heavy (non-hydrogen) atoms. The largest absolute Gasteiger partial charge is 0.520 e. The van der Waals surface area contributed by atoms with Gasteiger partial charge in [0.1, 0.15) is 11.5 Å². The Hall–Kier alpha value is -4.11. The smallest absolute Gasteiger partial charge is 0.497 e. The monoisotopic (exact) mass is 453 g/mol. The molecular weight excluding hydrogens is 438 g/mol. The summed E-state index contributed by atoms with van der Waals surface area (Å²) in [4.78, 5) is 22.9. The molecule has 3 aromatic carbocycles. The molecule has 0 N–H and O–H groups in total. The van der Waals surface area contributed by atoms with Crippen LogP contribution in [-0.4, -0.2) is 28.0 Å². The van der Waals surface area contributed by atoms with E-state index in [1.807, 2.05) is 0 Å². The summed E-state index contributed by atoms with van der Waals surface area (Å²) in [5, 5.41) is 16.5. The number of non-ortho nitro benzene ring substituents is 1. The van der Waals surface area contributed by atoms with Gasteiger partial charge >= 0.3 is 6.16 Å². The van der Waals surface area contributed by atoms with Crippen LogP contribution in [0.1, 0.15) is 5.56 Å². The standard InChI is InChI=1S/C22H16ClN3O6/c1-30-18-9-10-20-19(12-18)21(32-22(27)31-17-7-5-15(23)6-8-17)24-25(20)13-14-3-2-4-16(11-14)26(28)29/h2-12H,13H2,1H3. The molecule has 0 aliphatic rings. The average Bonchev–Trinajstić information content (AvgIpc) is 3.11. The lowest BCUT2D eigenvalue weighted by Gasteiger charge is -2.04. The number of benzene rings is 3. The third-order valence-corrected chi connectivity index (χ3v) is 4.82. The van der Waals surface area contributed by atoms with Crippen molar-refractivity contribution in [2.24, 2.45) is 0 Å². The third kappa shape index (κ3) is 4.62. The Morgan fingerprint density at radius 1 is 1.06 bits per heavy atom. The number of hydrogen-bond donors (Lipinski definition) is 0. The van der Waals surface area contributed by atoms with Crippen LogP contribution in [0.15, 0.2) is 66.7 Å². The predicted molar refractivity (Wildman–Crippen MR) is 117 cm³/mol. The fourth-order valence-electron chi connectivity index (χ4n) is 3.09. The lowest BCUT2D eigenvalue weighted by atomic mass is 10.2. The van der Waals surface area contributed by atoms with Gasteiger partial charge in [0.05, 0.1) is 29.5 Å². The Morgan fingerprint density at radius 3 is 2.53 bits per heavy atom. The van der Waals surface area contributed by atoms with Crippen molar-refractivity contribution in [1.82, 2.24) is 9.78 Å². The highest BCUT2D eigenvalue weighted by Crippen LogP contribution is 2.30. The van der Waals surface area contributed by atoms with E-state index >= 15 is 0 Å². The second kappa shape index (κ2) is 8.94. The van der Waals surface area contributed by atoms with Crippen LogP contribution in [0.2, 0.25) is 5.02 Å². The van der Waals surface area contributed by atoms with Crippen LogP contribution in [0.4, 0.5) is 10.5 Å². The van der Waals surface area contributed by atoms with Gasteiger partial charge in [-0.3, -0.25) is 14.8 Å². The zero-order chi connectivity index (χ0) is 22.7. The molecule has 0 aliphatic carbocycles. The number of hydrogen-bond acceptors (Lipinski definition) is 7. The maximum atomic E-state index is 12.3. The number of aromatic nitrogens is 2. The van der Waals surface area contributed by atoms with E-state index in [4.69, 9.17) is 25.8 Å². The first-order valence-electron chi connectivity index (χ1n) is 9.36. The number of rotatable bonds is 6. The highest BCUT2D eigenvalue weighted by molar-refractivity contribution is 6.30. The topological polar surface area (TPSA) is 106 Å².